The van der Waals surface area contributed by atoms with E-state index in [-0.39, 0.29) is 25.1 Å². The van der Waals surface area contributed by atoms with Crippen LogP contribution in [0.3, 0.4) is 0 Å². The number of ether oxygens (including phenoxy) is 1. The van der Waals surface area contributed by atoms with Crippen LogP contribution >= 0.6 is 23.2 Å². The molecule has 1 saturated heterocycles. The standard InChI is InChI=1S/C23H26Cl2N2O4/c1-2-3-19(12-26-20(29)13-28)27-21(30)14-31-23(16-6-10-18(25)11-7-16)22(27)15-4-8-17(24)9-5-15/h4-11,19,22-23,28H,2-3,12-14H2,1H3,(H,26,29)/t19-,22-,23+/m1/s1. The van der Waals surface area contributed by atoms with Gasteiger partial charge in [-0.25, -0.2) is 0 Å². The molecular weight excluding hydrogens is 439 g/mol. The fourth-order valence-electron chi connectivity index (χ4n) is 3.95. The van der Waals surface area contributed by atoms with Crippen molar-refractivity contribution in [2.45, 2.75) is 38.0 Å². The van der Waals surface area contributed by atoms with Crippen LogP contribution in [0.1, 0.15) is 43.0 Å². The molecule has 0 aliphatic carbocycles. The van der Waals surface area contributed by atoms with Crippen LogP contribution < -0.4 is 5.32 Å². The number of rotatable bonds is 8. The highest BCUT2D eigenvalue weighted by molar-refractivity contribution is 6.30. The first-order chi connectivity index (χ1) is 14.9. The number of benzene rings is 2. The van der Waals surface area contributed by atoms with Gasteiger partial charge in [-0.15, -0.1) is 0 Å². The maximum atomic E-state index is 13.1. The average Bonchev–Trinajstić information content (AvgIpc) is 2.77. The van der Waals surface area contributed by atoms with Gasteiger partial charge in [0.2, 0.25) is 11.8 Å². The number of nitrogens with one attached hydrogen (secondary N) is 1. The fourth-order valence-corrected chi connectivity index (χ4v) is 4.20. The number of carbonyl (C=O) groups excluding carboxylic acids is 2. The molecule has 1 fully saturated rings. The van der Waals surface area contributed by atoms with E-state index in [1.807, 2.05) is 36.1 Å². The maximum Gasteiger partial charge on any atom is 0.249 e. The normalized spacial score (nSPS) is 19.9. The minimum absolute atomic E-state index is 0.0639. The molecular formula is C23H26Cl2N2O4. The predicted molar refractivity (Wildman–Crippen MR) is 120 cm³/mol. The largest absolute Gasteiger partial charge is 0.387 e. The van der Waals surface area contributed by atoms with Crippen LogP contribution in [0.2, 0.25) is 10.0 Å². The molecule has 0 aromatic heterocycles. The molecule has 166 valence electrons. The van der Waals surface area contributed by atoms with Crippen molar-refractivity contribution >= 4 is 35.0 Å². The number of carbonyl (C=O) groups is 2. The summed E-state index contributed by atoms with van der Waals surface area (Å²) in [4.78, 5) is 26.6. The molecule has 1 heterocycles. The molecule has 8 heteroatoms. The minimum Gasteiger partial charge on any atom is -0.387 e. The first-order valence-electron chi connectivity index (χ1n) is 10.3. The van der Waals surface area contributed by atoms with Crippen LogP contribution in [-0.2, 0) is 14.3 Å². The third-order valence-corrected chi connectivity index (χ3v) is 5.87. The Morgan fingerprint density at radius 2 is 1.71 bits per heavy atom. The van der Waals surface area contributed by atoms with Crippen molar-refractivity contribution < 1.29 is 19.4 Å². The van der Waals surface area contributed by atoms with Gasteiger partial charge in [0.25, 0.3) is 0 Å². The van der Waals surface area contributed by atoms with Crippen molar-refractivity contribution in [2.24, 2.45) is 0 Å². The highest BCUT2D eigenvalue weighted by Gasteiger charge is 2.41. The summed E-state index contributed by atoms with van der Waals surface area (Å²) in [7, 11) is 0. The van der Waals surface area contributed by atoms with Gasteiger partial charge in [0.05, 0.1) is 6.04 Å². The summed E-state index contributed by atoms with van der Waals surface area (Å²) in [5.74, 6) is -0.624. The van der Waals surface area contributed by atoms with E-state index in [0.717, 1.165) is 17.5 Å². The predicted octanol–water partition coefficient (Wildman–Crippen LogP) is 3.91. The SMILES string of the molecule is CCC[C@H](CNC(=O)CO)N1C(=O)CO[C@@H](c2ccc(Cl)cc2)[C@H]1c1ccc(Cl)cc1. The highest BCUT2D eigenvalue weighted by Crippen LogP contribution is 2.42. The number of aliphatic hydroxyl groups excluding tert-OH is 1. The molecule has 0 spiro atoms. The van der Waals surface area contributed by atoms with Gasteiger partial charge < -0.3 is 20.1 Å². The lowest BCUT2D eigenvalue weighted by atomic mass is 9.90. The number of aliphatic hydroxyl groups is 1. The molecule has 0 bridgehead atoms. The van der Waals surface area contributed by atoms with Crippen molar-refractivity contribution in [1.29, 1.82) is 0 Å². The topological polar surface area (TPSA) is 78.9 Å². The molecule has 3 rings (SSSR count). The molecule has 1 aliphatic heterocycles. The third kappa shape index (κ3) is 5.77. The van der Waals surface area contributed by atoms with Crippen molar-refractivity contribution in [1.82, 2.24) is 10.2 Å². The summed E-state index contributed by atoms with van der Waals surface area (Å²) in [5, 5.41) is 13.0. The quantitative estimate of drug-likeness (QED) is 0.620. The minimum atomic E-state index is -0.593. The molecule has 2 aromatic rings. The van der Waals surface area contributed by atoms with E-state index in [1.54, 1.807) is 24.3 Å². The fraction of sp³-hybridized carbons (Fsp3) is 0.391. The lowest BCUT2D eigenvalue weighted by Crippen LogP contribution is -2.54. The molecule has 2 amide bonds. The van der Waals surface area contributed by atoms with Gasteiger partial charge in [-0.05, 0) is 41.8 Å². The van der Waals surface area contributed by atoms with Crippen LogP contribution in [-0.4, -0.2) is 47.6 Å². The van der Waals surface area contributed by atoms with Crippen LogP contribution in [0.5, 0.6) is 0 Å². The van der Waals surface area contributed by atoms with Crippen molar-refractivity contribution in [3.05, 3.63) is 69.7 Å². The summed E-state index contributed by atoms with van der Waals surface area (Å²) < 4.78 is 6.02. The Morgan fingerprint density at radius 3 is 2.26 bits per heavy atom. The van der Waals surface area contributed by atoms with Gasteiger partial charge in [-0.3, -0.25) is 9.59 Å². The molecule has 3 atom stereocenters. The first-order valence-corrected chi connectivity index (χ1v) is 11.0. The van der Waals surface area contributed by atoms with E-state index in [9.17, 15) is 9.59 Å². The second-order valence-corrected chi connectivity index (χ2v) is 8.36. The molecule has 31 heavy (non-hydrogen) atoms. The van der Waals surface area contributed by atoms with Crippen LogP contribution in [0.15, 0.2) is 48.5 Å². The lowest BCUT2D eigenvalue weighted by Gasteiger charge is -2.45. The van der Waals surface area contributed by atoms with Gasteiger partial charge in [-0.1, -0.05) is 60.8 Å². The maximum absolute atomic E-state index is 13.1. The van der Waals surface area contributed by atoms with Crippen LogP contribution in [0.4, 0.5) is 0 Å². The Kier molecular flexibility index (Phi) is 8.32. The van der Waals surface area contributed by atoms with Gasteiger partial charge in [-0.2, -0.15) is 0 Å². The Bertz CT molecular complexity index is 889. The van der Waals surface area contributed by atoms with E-state index >= 15 is 0 Å². The lowest BCUT2D eigenvalue weighted by molar-refractivity contribution is -0.163. The Balaban J connectivity index is 2.03. The summed E-state index contributed by atoms with van der Waals surface area (Å²) >= 11 is 12.2. The summed E-state index contributed by atoms with van der Waals surface area (Å²) in [6.07, 6.45) is 1.10. The number of halogens is 2. The monoisotopic (exact) mass is 464 g/mol. The summed E-state index contributed by atoms with van der Waals surface area (Å²) in [6, 6.07) is 14.1. The molecule has 0 saturated carbocycles. The smallest absolute Gasteiger partial charge is 0.249 e. The second kappa shape index (κ2) is 11.0. The van der Waals surface area contributed by atoms with Gasteiger partial charge >= 0.3 is 0 Å². The number of hydrogen-bond donors (Lipinski definition) is 2. The average molecular weight is 465 g/mol. The molecule has 6 nitrogen and oxygen atoms in total. The second-order valence-electron chi connectivity index (χ2n) is 7.49. The van der Waals surface area contributed by atoms with E-state index < -0.39 is 24.7 Å². The Morgan fingerprint density at radius 1 is 1.13 bits per heavy atom. The highest BCUT2D eigenvalue weighted by atomic mass is 35.5. The van der Waals surface area contributed by atoms with E-state index in [2.05, 4.69) is 5.32 Å². The van der Waals surface area contributed by atoms with E-state index in [4.69, 9.17) is 33.0 Å². The summed E-state index contributed by atoms with van der Waals surface area (Å²) in [5.41, 5.74) is 1.78. The van der Waals surface area contributed by atoms with Crippen LogP contribution in [0, 0.1) is 0 Å². The van der Waals surface area contributed by atoms with Gasteiger partial charge in [0, 0.05) is 22.6 Å². The van der Waals surface area contributed by atoms with Crippen molar-refractivity contribution in [3.8, 4) is 0 Å². The van der Waals surface area contributed by atoms with Crippen molar-refractivity contribution in [2.75, 3.05) is 19.8 Å². The zero-order chi connectivity index (χ0) is 22.4. The number of nitrogens with zero attached hydrogens (tertiary/aromatic N) is 1. The zero-order valence-corrected chi connectivity index (χ0v) is 18.8. The Labute approximate surface area is 192 Å². The third-order valence-electron chi connectivity index (χ3n) is 5.36. The number of hydrogen-bond acceptors (Lipinski definition) is 4. The molecule has 1 aliphatic rings. The molecule has 0 unspecified atom stereocenters. The number of morpholine rings is 1. The number of amides is 2. The van der Waals surface area contributed by atoms with Crippen LogP contribution in [0.25, 0.3) is 0 Å². The molecule has 2 N–H and O–H groups in total. The first kappa shape index (κ1) is 23.5. The zero-order valence-electron chi connectivity index (χ0n) is 17.3. The van der Waals surface area contributed by atoms with Gasteiger partial charge in [0.15, 0.2) is 0 Å². The van der Waals surface area contributed by atoms with Crippen molar-refractivity contribution in [3.63, 3.8) is 0 Å². The Hall–Kier alpha value is -2.12. The van der Waals surface area contributed by atoms with E-state index in [0.29, 0.717) is 16.5 Å². The van der Waals surface area contributed by atoms with E-state index in [1.165, 1.54) is 0 Å². The van der Waals surface area contributed by atoms with Gasteiger partial charge in [0.1, 0.15) is 19.3 Å². The molecule has 2 aromatic carbocycles. The molecule has 0 radical (unpaired) electrons. The summed E-state index contributed by atoms with van der Waals surface area (Å²) in [6.45, 7) is 1.62.